The van der Waals surface area contributed by atoms with Crippen LogP contribution in [0.25, 0.3) is 0 Å². The minimum Gasteiger partial charge on any atom is -0.481 e. The summed E-state index contributed by atoms with van der Waals surface area (Å²) in [4.78, 5) is 4.80. The molecule has 0 aromatic heterocycles. The van der Waals surface area contributed by atoms with E-state index < -0.39 is 0 Å². The second-order valence-electron chi connectivity index (χ2n) is 6.54. The molecule has 1 aromatic carbocycles. The van der Waals surface area contributed by atoms with Crippen LogP contribution in [0, 0.1) is 12.3 Å². The Labute approximate surface area is 154 Å². The molecule has 2 rings (SSSR count). The highest BCUT2D eigenvalue weighted by molar-refractivity contribution is 9.10. The average Bonchev–Trinajstić information content (AvgIpc) is 2.58. The van der Waals surface area contributed by atoms with Crippen molar-refractivity contribution in [1.82, 2.24) is 15.1 Å². The van der Waals surface area contributed by atoms with Crippen LogP contribution in [-0.2, 0) is 6.54 Å². The normalized spacial score (nSPS) is 16.3. The van der Waals surface area contributed by atoms with Gasteiger partial charge in [0.25, 0.3) is 0 Å². The molecule has 1 aliphatic heterocycles. The molecule has 1 N–H and O–H groups in total. The third-order valence-electron chi connectivity index (χ3n) is 4.37. The highest BCUT2D eigenvalue weighted by atomic mass is 79.9. The van der Waals surface area contributed by atoms with Crippen molar-refractivity contribution >= 4 is 15.9 Å². The fourth-order valence-electron chi connectivity index (χ4n) is 2.90. The minimum absolute atomic E-state index is 0.304. The molecule has 1 fully saturated rings. The highest BCUT2D eigenvalue weighted by Crippen LogP contribution is 2.23. The zero-order chi connectivity index (χ0) is 17.4. The topological polar surface area (TPSA) is 27.7 Å². The molecule has 0 bridgehead atoms. The van der Waals surface area contributed by atoms with Crippen molar-refractivity contribution < 1.29 is 4.74 Å². The van der Waals surface area contributed by atoms with Crippen molar-refractivity contribution in [2.45, 2.75) is 25.4 Å². The standard InChI is InChI=1S/C19H28BrN3O/c1-4-13-24-19-6-5-17(20)14-16(19)15-21-18-7-9-23(10-8-18)12-11-22(2)3/h1,5-6,14,18,21H,7-13,15H2,2-3H3. The number of piperidine rings is 1. The fourth-order valence-corrected chi connectivity index (χ4v) is 3.31. The van der Waals surface area contributed by atoms with Crippen molar-refractivity contribution in [3.8, 4) is 18.1 Å². The molecule has 0 aliphatic carbocycles. The first-order chi connectivity index (χ1) is 11.6. The lowest BCUT2D eigenvalue weighted by molar-refractivity contribution is 0.181. The van der Waals surface area contributed by atoms with Gasteiger partial charge in [-0.05, 0) is 58.2 Å². The van der Waals surface area contributed by atoms with Crippen molar-refractivity contribution in [1.29, 1.82) is 0 Å². The summed E-state index contributed by atoms with van der Waals surface area (Å²) in [6, 6.07) is 6.63. The van der Waals surface area contributed by atoms with Gasteiger partial charge >= 0.3 is 0 Å². The monoisotopic (exact) mass is 393 g/mol. The van der Waals surface area contributed by atoms with Crippen LogP contribution in [0.3, 0.4) is 0 Å². The highest BCUT2D eigenvalue weighted by Gasteiger charge is 2.19. The first kappa shape index (κ1) is 19.3. The summed E-state index contributed by atoms with van der Waals surface area (Å²) in [5.41, 5.74) is 1.15. The molecule has 0 unspecified atom stereocenters. The van der Waals surface area contributed by atoms with Gasteiger partial charge in [0.1, 0.15) is 12.4 Å². The van der Waals surface area contributed by atoms with Crippen LogP contribution >= 0.6 is 15.9 Å². The number of benzene rings is 1. The lowest BCUT2D eigenvalue weighted by Crippen LogP contribution is -2.44. The number of likely N-dealkylation sites (N-methyl/N-ethyl adjacent to an activating group) is 1. The first-order valence-corrected chi connectivity index (χ1v) is 9.33. The van der Waals surface area contributed by atoms with Gasteiger partial charge in [-0.2, -0.15) is 0 Å². The second-order valence-corrected chi connectivity index (χ2v) is 7.46. The maximum absolute atomic E-state index is 5.64. The summed E-state index contributed by atoms with van der Waals surface area (Å²) < 4.78 is 6.70. The van der Waals surface area contributed by atoms with E-state index in [2.05, 4.69) is 57.1 Å². The predicted molar refractivity (Wildman–Crippen MR) is 103 cm³/mol. The number of terminal acetylenes is 1. The molecule has 0 atom stereocenters. The smallest absolute Gasteiger partial charge is 0.148 e. The van der Waals surface area contributed by atoms with E-state index in [0.29, 0.717) is 12.6 Å². The van der Waals surface area contributed by atoms with Crippen LogP contribution in [0.15, 0.2) is 22.7 Å². The van der Waals surface area contributed by atoms with Crippen LogP contribution in [0.5, 0.6) is 5.75 Å². The zero-order valence-corrected chi connectivity index (χ0v) is 16.3. The van der Waals surface area contributed by atoms with Gasteiger partial charge in [0.15, 0.2) is 0 Å². The SMILES string of the molecule is C#CCOc1ccc(Br)cc1CNC1CCN(CCN(C)C)CC1. The van der Waals surface area contributed by atoms with Crippen LogP contribution in [0.4, 0.5) is 0 Å². The van der Waals surface area contributed by atoms with Crippen molar-refractivity contribution in [3.05, 3.63) is 28.2 Å². The third-order valence-corrected chi connectivity index (χ3v) is 4.86. The molecule has 132 valence electrons. The molecule has 1 heterocycles. The molecule has 0 spiro atoms. The number of hydrogen-bond donors (Lipinski definition) is 1. The van der Waals surface area contributed by atoms with E-state index >= 15 is 0 Å². The van der Waals surface area contributed by atoms with E-state index in [9.17, 15) is 0 Å². The number of rotatable bonds is 8. The Morgan fingerprint density at radius 3 is 2.79 bits per heavy atom. The largest absolute Gasteiger partial charge is 0.481 e. The van der Waals surface area contributed by atoms with Gasteiger partial charge in [-0.1, -0.05) is 21.9 Å². The van der Waals surface area contributed by atoms with E-state index in [1.54, 1.807) is 0 Å². The summed E-state index contributed by atoms with van der Waals surface area (Å²) in [6.45, 7) is 5.75. The maximum atomic E-state index is 5.64. The number of ether oxygens (including phenoxy) is 1. The van der Waals surface area contributed by atoms with Crippen LogP contribution in [0.1, 0.15) is 18.4 Å². The lowest BCUT2D eigenvalue weighted by atomic mass is 10.0. The van der Waals surface area contributed by atoms with E-state index in [4.69, 9.17) is 11.2 Å². The van der Waals surface area contributed by atoms with Gasteiger partial charge in [0.2, 0.25) is 0 Å². The van der Waals surface area contributed by atoms with Crippen LogP contribution < -0.4 is 10.1 Å². The van der Waals surface area contributed by atoms with Gasteiger partial charge in [0, 0.05) is 35.7 Å². The summed E-state index contributed by atoms with van der Waals surface area (Å²) in [7, 11) is 4.26. The van der Waals surface area contributed by atoms with E-state index in [-0.39, 0.29) is 0 Å². The van der Waals surface area contributed by atoms with E-state index in [1.807, 2.05) is 12.1 Å². The quantitative estimate of drug-likeness (QED) is 0.686. The number of likely N-dealkylation sites (tertiary alicyclic amines) is 1. The van der Waals surface area contributed by atoms with Gasteiger partial charge in [0.05, 0.1) is 0 Å². The molecule has 4 nitrogen and oxygen atoms in total. The van der Waals surface area contributed by atoms with E-state index in [0.717, 1.165) is 35.4 Å². The number of halogens is 1. The molecule has 1 aliphatic rings. The summed E-state index contributed by atoms with van der Waals surface area (Å²) in [5, 5.41) is 3.68. The van der Waals surface area contributed by atoms with Gasteiger partial charge in [-0.3, -0.25) is 0 Å². The number of nitrogens with zero attached hydrogens (tertiary/aromatic N) is 2. The molecule has 0 saturated carbocycles. The maximum Gasteiger partial charge on any atom is 0.148 e. The Balaban J connectivity index is 1.80. The molecule has 24 heavy (non-hydrogen) atoms. The molecular formula is C19H28BrN3O. The first-order valence-electron chi connectivity index (χ1n) is 8.53. The van der Waals surface area contributed by atoms with Crippen molar-refractivity contribution in [3.63, 3.8) is 0 Å². The van der Waals surface area contributed by atoms with Crippen LogP contribution in [0.2, 0.25) is 0 Å². The summed E-state index contributed by atoms with van der Waals surface area (Å²) in [6.07, 6.45) is 7.69. The lowest BCUT2D eigenvalue weighted by Gasteiger charge is -2.33. The van der Waals surface area contributed by atoms with Gasteiger partial charge in [-0.25, -0.2) is 0 Å². The Hall–Kier alpha value is -1.06. The Morgan fingerprint density at radius 2 is 2.12 bits per heavy atom. The molecule has 1 aromatic rings. The predicted octanol–water partition coefficient (Wildman–Crippen LogP) is 2.58. The van der Waals surface area contributed by atoms with Crippen LogP contribution in [-0.4, -0.2) is 62.7 Å². The third kappa shape index (κ3) is 6.45. The molecule has 5 heteroatoms. The molecule has 0 amide bonds. The average molecular weight is 394 g/mol. The second kappa shape index (κ2) is 10.0. The Kier molecular flexibility index (Phi) is 8.07. The molecular weight excluding hydrogens is 366 g/mol. The van der Waals surface area contributed by atoms with Crippen molar-refractivity contribution in [2.75, 3.05) is 46.9 Å². The molecule has 0 radical (unpaired) electrons. The Bertz CT molecular complexity index is 548. The number of nitrogens with one attached hydrogen (secondary N) is 1. The number of hydrogen-bond acceptors (Lipinski definition) is 4. The zero-order valence-electron chi connectivity index (χ0n) is 14.7. The Morgan fingerprint density at radius 1 is 1.38 bits per heavy atom. The van der Waals surface area contributed by atoms with Gasteiger partial charge < -0.3 is 19.9 Å². The molecule has 1 saturated heterocycles. The van der Waals surface area contributed by atoms with Gasteiger partial charge in [-0.15, -0.1) is 6.42 Å². The summed E-state index contributed by atoms with van der Waals surface area (Å²) in [5.74, 6) is 3.39. The minimum atomic E-state index is 0.304. The fraction of sp³-hybridized carbons (Fsp3) is 0.579. The van der Waals surface area contributed by atoms with Crippen molar-refractivity contribution in [2.24, 2.45) is 0 Å². The summed E-state index contributed by atoms with van der Waals surface area (Å²) >= 11 is 3.53. The van der Waals surface area contributed by atoms with E-state index in [1.165, 1.54) is 25.9 Å².